The Kier molecular flexibility index (Phi) is 4.49. The molecule has 3 rings (SSSR count). The molecule has 0 saturated heterocycles. The van der Waals surface area contributed by atoms with Gasteiger partial charge in [0.2, 0.25) is 5.91 Å². The second-order valence-corrected chi connectivity index (χ2v) is 5.63. The number of halogens is 3. The zero-order valence-electron chi connectivity index (χ0n) is 13.6. The van der Waals surface area contributed by atoms with Crippen LogP contribution in [0.15, 0.2) is 35.4 Å². The average Bonchev–Trinajstić information content (AvgIpc) is 3.02. The predicted molar refractivity (Wildman–Crippen MR) is 86.7 cm³/mol. The highest BCUT2D eigenvalue weighted by atomic mass is 19.4. The van der Waals surface area contributed by atoms with Gasteiger partial charge in [-0.15, -0.1) is 0 Å². The Bertz CT molecular complexity index is 1020. The number of alkyl halides is 3. The summed E-state index contributed by atoms with van der Waals surface area (Å²) in [4.78, 5) is 32.4. The molecular weight excluding hydrogens is 351 g/mol. The van der Waals surface area contributed by atoms with Crippen LogP contribution >= 0.6 is 0 Å². The standard InChI is InChI=1S/C16H14F3N5O2/c1-9-12(14(26)24-15(22-9)20-8-21-24)5-6-13(25)23-11-4-2-3-10(7-11)16(17,18)19/h2-4,7-8H,5-6H2,1H3,(H,23,25)(H,20,21,22). The number of anilines is 1. The van der Waals surface area contributed by atoms with Gasteiger partial charge in [-0.1, -0.05) is 6.07 Å². The molecule has 3 aromatic rings. The zero-order valence-corrected chi connectivity index (χ0v) is 13.6. The summed E-state index contributed by atoms with van der Waals surface area (Å²) >= 11 is 0. The van der Waals surface area contributed by atoms with Crippen molar-refractivity contribution in [3.8, 4) is 0 Å². The average molecular weight is 365 g/mol. The fraction of sp³-hybridized carbons (Fsp3) is 0.250. The van der Waals surface area contributed by atoms with Crippen LogP contribution in [0.4, 0.5) is 18.9 Å². The molecule has 7 nitrogen and oxygen atoms in total. The number of carbonyl (C=O) groups excluding carboxylic acids is 1. The molecule has 0 bridgehead atoms. The highest BCUT2D eigenvalue weighted by Crippen LogP contribution is 2.30. The Balaban J connectivity index is 1.71. The Morgan fingerprint density at radius 3 is 2.85 bits per heavy atom. The number of H-pyrrole nitrogens is 1. The van der Waals surface area contributed by atoms with Crippen molar-refractivity contribution < 1.29 is 18.0 Å². The molecule has 0 aliphatic rings. The number of aromatic nitrogens is 4. The zero-order chi connectivity index (χ0) is 18.9. The van der Waals surface area contributed by atoms with E-state index in [0.29, 0.717) is 11.3 Å². The molecule has 0 aliphatic carbocycles. The molecule has 0 unspecified atom stereocenters. The molecule has 136 valence electrons. The van der Waals surface area contributed by atoms with Crippen molar-refractivity contribution in [3.05, 3.63) is 57.8 Å². The Hall–Kier alpha value is -3.17. The van der Waals surface area contributed by atoms with Gasteiger partial charge >= 0.3 is 6.18 Å². The number of carbonyl (C=O) groups is 1. The molecule has 0 aliphatic heterocycles. The van der Waals surface area contributed by atoms with E-state index < -0.39 is 17.6 Å². The number of hydrogen-bond donors (Lipinski definition) is 2. The van der Waals surface area contributed by atoms with Gasteiger partial charge in [0.15, 0.2) is 0 Å². The maximum Gasteiger partial charge on any atom is 0.416 e. The fourth-order valence-electron chi connectivity index (χ4n) is 2.52. The summed E-state index contributed by atoms with van der Waals surface area (Å²) in [6, 6.07) is 4.36. The molecule has 26 heavy (non-hydrogen) atoms. The highest BCUT2D eigenvalue weighted by Gasteiger charge is 2.30. The van der Waals surface area contributed by atoms with Crippen molar-refractivity contribution in [3.63, 3.8) is 0 Å². The van der Waals surface area contributed by atoms with Crippen LogP contribution in [0.2, 0.25) is 0 Å². The maximum absolute atomic E-state index is 12.7. The monoisotopic (exact) mass is 365 g/mol. The number of aromatic amines is 1. The smallest absolute Gasteiger partial charge is 0.326 e. The highest BCUT2D eigenvalue weighted by molar-refractivity contribution is 5.90. The maximum atomic E-state index is 12.7. The van der Waals surface area contributed by atoms with E-state index in [1.165, 1.54) is 18.5 Å². The van der Waals surface area contributed by atoms with Gasteiger partial charge < -0.3 is 5.32 Å². The van der Waals surface area contributed by atoms with Crippen molar-refractivity contribution in [2.45, 2.75) is 25.9 Å². The number of amides is 1. The second-order valence-electron chi connectivity index (χ2n) is 5.63. The van der Waals surface area contributed by atoms with E-state index in [4.69, 9.17) is 0 Å². The van der Waals surface area contributed by atoms with E-state index in [1.54, 1.807) is 6.92 Å². The van der Waals surface area contributed by atoms with Crippen LogP contribution in [0, 0.1) is 6.92 Å². The largest absolute Gasteiger partial charge is 0.416 e. The Labute approximate surface area is 144 Å². The number of benzene rings is 1. The van der Waals surface area contributed by atoms with Crippen LogP contribution in [-0.4, -0.2) is 25.5 Å². The Morgan fingerprint density at radius 1 is 1.35 bits per heavy atom. The van der Waals surface area contributed by atoms with E-state index in [0.717, 1.165) is 16.6 Å². The minimum atomic E-state index is -4.49. The number of hydrogen-bond acceptors (Lipinski definition) is 4. The number of fused-ring (bicyclic) bond motifs is 1. The first-order chi connectivity index (χ1) is 12.3. The third-order valence-corrected chi connectivity index (χ3v) is 3.81. The van der Waals surface area contributed by atoms with Crippen molar-refractivity contribution in [1.29, 1.82) is 0 Å². The molecule has 2 aromatic heterocycles. The van der Waals surface area contributed by atoms with Crippen LogP contribution in [-0.2, 0) is 17.4 Å². The first-order valence-corrected chi connectivity index (χ1v) is 7.64. The minimum Gasteiger partial charge on any atom is -0.326 e. The topological polar surface area (TPSA) is 92.2 Å². The number of nitrogens with zero attached hydrogens (tertiary/aromatic N) is 3. The third kappa shape index (κ3) is 3.58. The van der Waals surface area contributed by atoms with Gasteiger partial charge in [0.05, 0.1) is 11.3 Å². The van der Waals surface area contributed by atoms with Crippen LogP contribution in [0.25, 0.3) is 5.78 Å². The van der Waals surface area contributed by atoms with Crippen molar-refractivity contribution in [2.24, 2.45) is 0 Å². The molecule has 2 N–H and O–H groups in total. The number of nitrogens with one attached hydrogen (secondary N) is 2. The van der Waals surface area contributed by atoms with E-state index in [2.05, 4.69) is 20.4 Å². The molecule has 0 atom stereocenters. The minimum absolute atomic E-state index is 0.0420. The van der Waals surface area contributed by atoms with Crippen molar-refractivity contribution in [2.75, 3.05) is 5.32 Å². The van der Waals surface area contributed by atoms with E-state index in [-0.39, 0.29) is 29.9 Å². The molecule has 1 amide bonds. The number of rotatable bonds is 4. The molecular formula is C16H14F3N5O2. The van der Waals surface area contributed by atoms with E-state index in [1.807, 2.05) is 0 Å². The SMILES string of the molecule is Cc1nc2nc[nH]n2c(=O)c1CCC(=O)Nc1cccc(C(F)(F)F)c1. The van der Waals surface area contributed by atoms with Crippen LogP contribution in [0.1, 0.15) is 23.2 Å². The van der Waals surface area contributed by atoms with Gasteiger partial charge in [-0.05, 0) is 31.5 Å². The third-order valence-electron chi connectivity index (χ3n) is 3.81. The van der Waals surface area contributed by atoms with Gasteiger partial charge in [-0.25, -0.2) is 9.97 Å². The lowest BCUT2D eigenvalue weighted by atomic mass is 10.1. The first kappa shape index (κ1) is 17.6. The molecule has 0 saturated carbocycles. The van der Waals surface area contributed by atoms with Gasteiger partial charge in [0, 0.05) is 17.7 Å². The van der Waals surface area contributed by atoms with Gasteiger partial charge in [0.25, 0.3) is 11.3 Å². The quantitative estimate of drug-likeness (QED) is 0.742. The summed E-state index contributed by atoms with van der Waals surface area (Å²) in [5.41, 5.74) is -0.379. The van der Waals surface area contributed by atoms with Crippen LogP contribution in [0.3, 0.4) is 0 Å². The second kappa shape index (κ2) is 6.62. The lowest BCUT2D eigenvalue weighted by Crippen LogP contribution is -2.23. The Morgan fingerprint density at radius 2 is 2.12 bits per heavy atom. The molecule has 0 fully saturated rings. The summed E-state index contributed by atoms with van der Waals surface area (Å²) in [7, 11) is 0. The predicted octanol–water partition coefficient (Wildman–Crippen LogP) is 2.32. The van der Waals surface area contributed by atoms with Gasteiger partial charge in [-0.3, -0.25) is 14.7 Å². The van der Waals surface area contributed by atoms with Crippen molar-refractivity contribution in [1.82, 2.24) is 19.6 Å². The van der Waals surface area contributed by atoms with E-state index >= 15 is 0 Å². The summed E-state index contributed by atoms with van der Waals surface area (Å²) in [6.45, 7) is 1.64. The van der Waals surface area contributed by atoms with Crippen LogP contribution in [0.5, 0.6) is 0 Å². The molecule has 2 heterocycles. The lowest BCUT2D eigenvalue weighted by molar-refractivity contribution is -0.137. The fourth-order valence-corrected chi connectivity index (χ4v) is 2.52. The number of aryl methyl sites for hydroxylation is 1. The molecule has 0 radical (unpaired) electrons. The van der Waals surface area contributed by atoms with Crippen molar-refractivity contribution >= 4 is 17.4 Å². The van der Waals surface area contributed by atoms with Gasteiger partial charge in [0.1, 0.15) is 6.33 Å². The summed E-state index contributed by atoms with van der Waals surface area (Å²) in [6.07, 6.45) is -3.14. The first-order valence-electron chi connectivity index (χ1n) is 7.64. The molecule has 1 aromatic carbocycles. The van der Waals surface area contributed by atoms with Crippen LogP contribution < -0.4 is 10.9 Å². The van der Waals surface area contributed by atoms with E-state index in [9.17, 15) is 22.8 Å². The molecule has 10 heteroatoms. The van der Waals surface area contributed by atoms with Gasteiger partial charge in [-0.2, -0.15) is 17.7 Å². The lowest BCUT2D eigenvalue weighted by Gasteiger charge is -2.10. The molecule has 0 spiro atoms. The normalized spacial score (nSPS) is 11.7. The summed E-state index contributed by atoms with van der Waals surface area (Å²) in [5.74, 6) is -0.275. The summed E-state index contributed by atoms with van der Waals surface area (Å²) in [5, 5.41) is 5.03. The summed E-state index contributed by atoms with van der Waals surface area (Å²) < 4.78 is 39.3.